The fourth-order valence-electron chi connectivity index (χ4n) is 2.03. The smallest absolute Gasteiger partial charge is 0.386 e. The van der Waals surface area contributed by atoms with E-state index in [1.807, 2.05) is 18.2 Å². The van der Waals surface area contributed by atoms with Gasteiger partial charge in [-0.3, -0.25) is 0 Å². The predicted molar refractivity (Wildman–Crippen MR) is 93.5 cm³/mol. The molecular formula is C19H14NO4P. The van der Waals surface area contributed by atoms with Gasteiger partial charge in [0.2, 0.25) is 0 Å². The molecule has 0 amide bonds. The van der Waals surface area contributed by atoms with Crippen LogP contribution in [-0.2, 0) is 4.57 Å². The summed E-state index contributed by atoms with van der Waals surface area (Å²) in [7, 11) is -4.02. The molecule has 0 heterocycles. The number of phosphoric ester groups is 1. The molecule has 0 fully saturated rings. The minimum Gasteiger partial charge on any atom is -0.386 e. The Hall–Kier alpha value is -3.22. The molecule has 0 aliphatic carbocycles. The molecule has 3 aromatic carbocycles. The summed E-state index contributed by atoms with van der Waals surface area (Å²) in [5.74, 6) is 0.908. The van der Waals surface area contributed by atoms with Gasteiger partial charge in [0.25, 0.3) is 0 Å². The average Bonchev–Trinajstić information content (AvgIpc) is 2.63. The zero-order valence-electron chi connectivity index (χ0n) is 13.1. The molecule has 25 heavy (non-hydrogen) atoms. The van der Waals surface area contributed by atoms with Crippen molar-refractivity contribution in [1.82, 2.24) is 0 Å². The quantitative estimate of drug-likeness (QED) is 0.571. The Labute approximate surface area is 145 Å². The second-order valence-corrected chi connectivity index (χ2v) is 6.43. The molecule has 0 aliphatic rings. The van der Waals surface area contributed by atoms with Crippen LogP contribution in [0.1, 0.15) is 5.56 Å². The number of hydrogen-bond donors (Lipinski definition) is 0. The van der Waals surface area contributed by atoms with Crippen molar-refractivity contribution >= 4 is 7.82 Å². The third-order valence-electron chi connectivity index (χ3n) is 3.10. The van der Waals surface area contributed by atoms with E-state index in [1.165, 1.54) is 6.07 Å². The Morgan fingerprint density at radius 2 is 1.16 bits per heavy atom. The maximum atomic E-state index is 13.2. The lowest BCUT2D eigenvalue weighted by atomic mass is 10.2. The van der Waals surface area contributed by atoms with Gasteiger partial charge in [0.05, 0.1) is 11.6 Å². The van der Waals surface area contributed by atoms with Crippen molar-refractivity contribution in [2.45, 2.75) is 0 Å². The maximum absolute atomic E-state index is 13.2. The number of rotatable bonds is 6. The highest BCUT2D eigenvalue weighted by atomic mass is 31.2. The van der Waals surface area contributed by atoms with Gasteiger partial charge in [-0.05, 0) is 42.5 Å². The van der Waals surface area contributed by atoms with Gasteiger partial charge in [0.15, 0.2) is 0 Å². The van der Waals surface area contributed by atoms with Crippen molar-refractivity contribution in [2.75, 3.05) is 0 Å². The highest BCUT2D eigenvalue weighted by Gasteiger charge is 2.33. The van der Waals surface area contributed by atoms with E-state index in [0.717, 1.165) is 0 Å². The van der Waals surface area contributed by atoms with Gasteiger partial charge < -0.3 is 13.6 Å². The van der Waals surface area contributed by atoms with E-state index in [9.17, 15) is 4.57 Å². The normalized spacial score (nSPS) is 10.5. The van der Waals surface area contributed by atoms with Gasteiger partial charge in [-0.1, -0.05) is 42.5 Å². The second kappa shape index (κ2) is 7.57. The largest absolute Gasteiger partial charge is 0.647 e. The van der Waals surface area contributed by atoms with E-state index in [2.05, 4.69) is 0 Å². The zero-order valence-corrected chi connectivity index (χ0v) is 14.0. The molecule has 5 nitrogen and oxygen atoms in total. The van der Waals surface area contributed by atoms with Crippen molar-refractivity contribution in [1.29, 1.82) is 5.26 Å². The van der Waals surface area contributed by atoms with E-state index >= 15 is 0 Å². The molecule has 0 aliphatic heterocycles. The van der Waals surface area contributed by atoms with Crippen LogP contribution in [-0.4, -0.2) is 0 Å². The van der Waals surface area contributed by atoms with Crippen molar-refractivity contribution in [3.05, 3.63) is 90.5 Å². The molecule has 0 saturated carbocycles. The number of hydrogen-bond acceptors (Lipinski definition) is 5. The molecular weight excluding hydrogens is 337 g/mol. The van der Waals surface area contributed by atoms with E-state index in [-0.39, 0.29) is 5.75 Å². The van der Waals surface area contributed by atoms with Crippen molar-refractivity contribution < 1.29 is 18.1 Å². The summed E-state index contributed by atoms with van der Waals surface area (Å²) in [6, 6.07) is 25.5. The molecule has 0 radical (unpaired) electrons. The first-order valence-electron chi connectivity index (χ1n) is 7.46. The lowest BCUT2D eigenvalue weighted by Crippen LogP contribution is -2.07. The van der Waals surface area contributed by atoms with Gasteiger partial charge in [0.1, 0.15) is 17.2 Å². The van der Waals surface area contributed by atoms with Crippen LogP contribution in [0, 0.1) is 11.3 Å². The van der Waals surface area contributed by atoms with Crippen LogP contribution in [0.5, 0.6) is 17.2 Å². The standard InChI is InChI=1S/C19H14NO4P/c20-15-16-8-7-13-19(14-16)24-25(21,22-17-9-3-1-4-10-17)23-18-11-5-2-6-12-18/h1-14H. The molecule has 0 saturated heterocycles. The number of benzene rings is 3. The number of phosphoric acid groups is 1. The second-order valence-electron chi connectivity index (χ2n) is 4.99. The Balaban J connectivity index is 1.90. The number of nitrogens with zero attached hydrogens (tertiary/aromatic N) is 1. The van der Waals surface area contributed by atoms with Crippen molar-refractivity contribution in [3.63, 3.8) is 0 Å². The summed E-state index contributed by atoms with van der Waals surface area (Å²) in [5, 5.41) is 8.99. The SMILES string of the molecule is N#Cc1cccc(OP(=O)(Oc2ccccc2)Oc2ccccc2)c1. The zero-order chi connectivity index (χ0) is 17.5. The Morgan fingerprint density at radius 3 is 1.68 bits per heavy atom. The van der Waals surface area contributed by atoms with E-state index < -0.39 is 7.82 Å². The Bertz CT molecular complexity index is 877. The van der Waals surface area contributed by atoms with E-state index in [1.54, 1.807) is 66.7 Å². The molecule has 0 N–H and O–H groups in total. The highest BCUT2D eigenvalue weighted by molar-refractivity contribution is 7.49. The van der Waals surface area contributed by atoms with Gasteiger partial charge in [-0.2, -0.15) is 9.83 Å². The van der Waals surface area contributed by atoms with Crippen LogP contribution in [0.3, 0.4) is 0 Å². The molecule has 0 atom stereocenters. The van der Waals surface area contributed by atoms with Crippen LogP contribution in [0.25, 0.3) is 0 Å². The summed E-state index contributed by atoms with van der Waals surface area (Å²) in [6.45, 7) is 0. The third-order valence-corrected chi connectivity index (χ3v) is 4.40. The predicted octanol–water partition coefficient (Wildman–Crippen LogP) is 5.20. The molecule has 6 heteroatoms. The molecule has 3 rings (SSSR count). The summed E-state index contributed by atoms with van der Waals surface area (Å²) >= 11 is 0. The van der Waals surface area contributed by atoms with Gasteiger partial charge in [-0.25, -0.2) is 0 Å². The lowest BCUT2D eigenvalue weighted by molar-refractivity contribution is 0.298. The first-order valence-corrected chi connectivity index (χ1v) is 8.92. The molecule has 0 spiro atoms. The fourth-order valence-corrected chi connectivity index (χ4v) is 3.27. The molecule has 0 unspecified atom stereocenters. The van der Waals surface area contributed by atoms with Crippen molar-refractivity contribution in [3.8, 4) is 23.3 Å². The van der Waals surface area contributed by atoms with Crippen molar-refractivity contribution in [2.24, 2.45) is 0 Å². The van der Waals surface area contributed by atoms with Gasteiger partial charge in [0, 0.05) is 0 Å². The van der Waals surface area contributed by atoms with E-state index in [0.29, 0.717) is 17.1 Å². The van der Waals surface area contributed by atoms with Crippen LogP contribution >= 0.6 is 7.82 Å². The average molecular weight is 351 g/mol. The van der Waals surface area contributed by atoms with Crippen LogP contribution < -0.4 is 13.6 Å². The summed E-state index contributed by atoms with van der Waals surface area (Å²) < 4.78 is 29.7. The minimum atomic E-state index is -4.02. The maximum Gasteiger partial charge on any atom is 0.647 e. The highest BCUT2D eigenvalue weighted by Crippen LogP contribution is 2.49. The molecule has 3 aromatic rings. The Kier molecular flexibility index (Phi) is 5.03. The first kappa shape index (κ1) is 16.6. The summed E-state index contributed by atoms with van der Waals surface area (Å²) in [4.78, 5) is 0. The first-order chi connectivity index (χ1) is 12.2. The number of para-hydroxylation sites is 2. The van der Waals surface area contributed by atoms with Crippen LogP contribution in [0.4, 0.5) is 0 Å². The lowest BCUT2D eigenvalue weighted by Gasteiger charge is -2.19. The fraction of sp³-hybridized carbons (Fsp3) is 0. The monoisotopic (exact) mass is 351 g/mol. The third kappa shape index (κ3) is 4.63. The summed E-state index contributed by atoms with van der Waals surface area (Å²) in [6.07, 6.45) is 0. The minimum absolute atomic E-state index is 0.217. The number of nitriles is 1. The van der Waals surface area contributed by atoms with Gasteiger partial charge in [-0.15, -0.1) is 0 Å². The van der Waals surface area contributed by atoms with Crippen LogP contribution in [0.2, 0.25) is 0 Å². The van der Waals surface area contributed by atoms with E-state index in [4.69, 9.17) is 18.8 Å². The van der Waals surface area contributed by atoms with Gasteiger partial charge >= 0.3 is 7.82 Å². The molecule has 0 aromatic heterocycles. The Morgan fingerprint density at radius 1 is 0.680 bits per heavy atom. The molecule has 124 valence electrons. The molecule has 0 bridgehead atoms. The van der Waals surface area contributed by atoms with Crippen LogP contribution in [0.15, 0.2) is 84.9 Å². The topological polar surface area (TPSA) is 68.5 Å². The summed E-state index contributed by atoms with van der Waals surface area (Å²) in [5.41, 5.74) is 0.378.